The maximum atomic E-state index is 12.8. The number of rotatable bonds is 4. The molecule has 0 bridgehead atoms. The van der Waals surface area contributed by atoms with E-state index in [9.17, 15) is 14.3 Å². The lowest BCUT2D eigenvalue weighted by molar-refractivity contribution is -0.142. The summed E-state index contributed by atoms with van der Waals surface area (Å²) >= 11 is 0. The highest BCUT2D eigenvalue weighted by atomic mass is 19.1. The second-order valence-corrected chi connectivity index (χ2v) is 5.08. The number of aliphatic hydroxyl groups is 1. The van der Waals surface area contributed by atoms with Crippen molar-refractivity contribution in [3.05, 3.63) is 30.1 Å². The largest absolute Gasteiger partial charge is 0.481 e. The molecule has 1 amide bonds. The second kappa shape index (κ2) is 6.70. The molecule has 2 unspecified atom stereocenters. The summed E-state index contributed by atoms with van der Waals surface area (Å²) in [4.78, 5) is 14.0. The molecule has 4 nitrogen and oxygen atoms in total. The molecular weight excluding hydrogens is 261 g/mol. The average molecular weight is 281 g/mol. The van der Waals surface area contributed by atoms with Crippen LogP contribution >= 0.6 is 0 Å². The molecule has 110 valence electrons. The lowest BCUT2D eigenvalue weighted by atomic mass is 10.0. The van der Waals surface area contributed by atoms with Gasteiger partial charge in [-0.3, -0.25) is 4.79 Å². The third-order valence-electron chi connectivity index (χ3n) is 3.60. The minimum absolute atomic E-state index is 0.0188. The van der Waals surface area contributed by atoms with Crippen LogP contribution in [-0.2, 0) is 4.79 Å². The Morgan fingerprint density at radius 2 is 2.15 bits per heavy atom. The Balaban J connectivity index is 1.98. The SMILES string of the molecule is CC(Oc1ccc(F)cc1)C(=O)N1CCCCC1CO. The zero-order valence-corrected chi connectivity index (χ0v) is 11.6. The van der Waals surface area contributed by atoms with Crippen LogP contribution in [0.5, 0.6) is 5.75 Å². The number of amides is 1. The molecule has 0 radical (unpaired) electrons. The van der Waals surface area contributed by atoms with Gasteiger partial charge < -0.3 is 14.7 Å². The molecule has 1 N–H and O–H groups in total. The van der Waals surface area contributed by atoms with Crippen LogP contribution in [0.2, 0.25) is 0 Å². The summed E-state index contributed by atoms with van der Waals surface area (Å²) < 4.78 is 18.3. The topological polar surface area (TPSA) is 49.8 Å². The number of benzene rings is 1. The number of hydrogen-bond acceptors (Lipinski definition) is 3. The number of halogens is 1. The van der Waals surface area contributed by atoms with E-state index in [1.165, 1.54) is 24.3 Å². The minimum Gasteiger partial charge on any atom is -0.481 e. The standard InChI is InChI=1S/C15H20FNO3/c1-11(20-14-7-5-12(16)6-8-14)15(19)17-9-3-2-4-13(17)10-18/h5-8,11,13,18H,2-4,9-10H2,1H3. The fourth-order valence-electron chi connectivity index (χ4n) is 2.48. The van der Waals surface area contributed by atoms with Crippen molar-refractivity contribution in [2.75, 3.05) is 13.2 Å². The van der Waals surface area contributed by atoms with Crippen LogP contribution in [0, 0.1) is 5.82 Å². The van der Waals surface area contributed by atoms with Gasteiger partial charge in [-0.25, -0.2) is 4.39 Å². The van der Waals surface area contributed by atoms with Crippen molar-refractivity contribution in [2.45, 2.75) is 38.3 Å². The molecule has 1 saturated heterocycles. The summed E-state index contributed by atoms with van der Waals surface area (Å²) in [7, 11) is 0. The minimum atomic E-state index is -0.646. The molecule has 1 aromatic rings. The fraction of sp³-hybridized carbons (Fsp3) is 0.533. The van der Waals surface area contributed by atoms with E-state index in [1.807, 2.05) is 0 Å². The van der Waals surface area contributed by atoms with Crippen LogP contribution < -0.4 is 4.74 Å². The van der Waals surface area contributed by atoms with Crippen LogP contribution in [-0.4, -0.2) is 41.2 Å². The number of aliphatic hydroxyl groups excluding tert-OH is 1. The maximum absolute atomic E-state index is 12.8. The number of hydrogen-bond donors (Lipinski definition) is 1. The summed E-state index contributed by atoms with van der Waals surface area (Å²) in [5, 5.41) is 9.34. The van der Waals surface area contributed by atoms with E-state index in [4.69, 9.17) is 4.74 Å². The highest BCUT2D eigenvalue weighted by molar-refractivity contribution is 5.81. The number of nitrogens with zero attached hydrogens (tertiary/aromatic N) is 1. The van der Waals surface area contributed by atoms with E-state index in [-0.39, 0.29) is 24.4 Å². The highest BCUT2D eigenvalue weighted by Crippen LogP contribution is 2.19. The van der Waals surface area contributed by atoms with E-state index in [1.54, 1.807) is 11.8 Å². The molecule has 0 aliphatic carbocycles. The van der Waals surface area contributed by atoms with Gasteiger partial charge in [-0.15, -0.1) is 0 Å². The number of carbonyl (C=O) groups excluding carboxylic acids is 1. The van der Waals surface area contributed by atoms with Gasteiger partial charge in [0.25, 0.3) is 5.91 Å². The fourth-order valence-corrected chi connectivity index (χ4v) is 2.48. The van der Waals surface area contributed by atoms with E-state index in [0.717, 1.165) is 19.3 Å². The van der Waals surface area contributed by atoms with Crippen molar-refractivity contribution >= 4 is 5.91 Å². The third kappa shape index (κ3) is 3.48. The Morgan fingerprint density at radius 1 is 1.45 bits per heavy atom. The summed E-state index contributed by atoms with van der Waals surface area (Å²) in [5.41, 5.74) is 0. The van der Waals surface area contributed by atoms with Crippen molar-refractivity contribution in [3.8, 4) is 5.75 Å². The molecule has 1 aliphatic rings. The molecule has 1 aliphatic heterocycles. The van der Waals surface area contributed by atoms with Crippen LogP contribution in [0.25, 0.3) is 0 Å². The van der Waals surface area contributed by atoms with Crippen molar-refractivity contribution in [1.82, 2.24) is 4.90 Å². The van der Waals surface area contributed by atoms with Gasteiger partial charge in [-0.1, -0.05) is 0 Å². The van der Waals surface area contributed by atoms with Crippen LogP contribution in [0.3, 0.4) is 0 Å². The Labute approximate surface area is 118 Å². The van der Waals surface area contributed by atoms with Crippen LogP contribution in [0.1, 0.15) is 26.2 Å². The molecule has 2 rings (SSSR count). The molecule has 1 fully saturated rings. The lowest BCUT2D eigenvalue weighted by Crippen LogP contribution is -2.50. The Morgan fingerprint density at radius 3 is 2.80 bits per heavy atom. The molecule has 1 heterocycles. The molecular formula is C15H20FNO3. The van der Waals surface area contributed by atoms with E-state index >= 15 is 0 Å². The first-order chi connectivity index (χ1) is 9.61. The zero-order valence-electron chi connectivity index (χ0n) is 11.6. The van der Waals surface area contributed by atoms with E-state index < -0.39 is 6.10 Å². The normalized spacial score (nSPS) is 20.6. The average Bonchev–Trinajstić information content (AvgIpc) is 2.48. The van der Waals surface area contributed by atoms with Gasteiger partial charge in [0.05, 0.1) is 12.6 Å². The van der Waals surface area contributed by atoms with Crippen molar-refractivity contribution < 1.29 is 19.0 Å². The quantitative estimate of drug-likeness (QED) is 0.918. The number of likely N-dealkylation sites (tertiary alicyclic amines) is 1. The highest BCUT2D eigenvalue weighted by Gasteiger charge is 2.30. The van der Waals surface area contributed by atoms with Gasteiger partial charge >= 0.3 is 0 Å². The first-order valence-electron chi connectivity index (χ1n) is 6.95. The smallest absolute Gasteiger partial charge is 0.263 e. The van der Waals surface area contributed by atoms with E-state index in [0.29, 0.717) is 12.3 Å². The van der Waals surface area contributed by atoms with Gasteiger partial charge in [0.2, 0.25) is 0 Å². The van der Waals surface area contributed by atoms with Crippen molar-refractivity contribution in [3.63, 3.8) is 0 Å². The summed E-state index contributed by atoms with van der Waals surface area (Å²) in [6, 6.07) is 5.47. The van der Waals surface area contributed by atoms with Crippen LogP contribution in [0.15, 0.2) is 24.3 Å². The lowest BCUT2D eigenvalue weighted by Gasteiger charge is -2.36. The Kier molecular flexibility index (Phi) is 4.95. The predicted molar refractivity (Wildman–Crippen MR) is 72.9 cm³/mol. The van der Waals surface area contributed by atoms with Gasteiger partial charge in [0.1, 0.15) is 11.6 Å². The number of piperidine rings is 1. The molecule has 20 heavy (non-hydrogen) atoms. The molecule has 0 saturated carbocycles. The number of carbonyl (C=O) groups is 1. The number of ether oxygens (including phenoxy) is 1. The third-order valence-corrected chi connectivity index (χ3v) is 3.60. The maximum Gasteiger partial charge on any atom is 0.263 e. The van der Waals surface area contributed by atoms with Gasteiger partial charge in [-0.2, -0.15) is 0 Å². The van der Waals surface area contributed by atoms with E-state index in [2.05, 4.69) is 0 Å². The Bertz CT molecular complexity index is 449. The summed E-state index contributed by atoms with van der Waals surface area (Å²) in [5.74, 6) is -0.00872. The Hall–Kier alpha value is -1.62. The molecule has 0 aromatic heterocycles. The summed E-state index contributed by atoms with van der Waals surface area (Å²) in [6.07, 6.45) is 2.16. The van der Waals surface area contributed by atoms with Gasteiger partial charge in [-0.05, 0) is 50.5 Å². The first kappa shape index (κ1) is 14.8. The second-order valence-electron chi connectivity index (χ2n) is 5.08. The molecule has 0 spiro atoms. The molecule has 1 aromatic carbocycles. The van der Waals surface area contributed by atoms with Gasteiger partial charge in [0.15, 0.2) is 6.10 Å². The summed E-state index contributed by atoms with van der Waals surface area (Å²) in [6.45, 7) is 2.31. The monoisotopic (exact) mass is 281 g/mol. The zero-order chi connectivity index (χ0) is 14.5. The predicted octanol–water partition coefficient (Wildman–Crippen LogP) is 1.97. The van der Waals surface area contributed by atoms with Gasteiger partial charge in [0, 0.05) is 6.54 Å². The van der Waals surface area contributed by atoms with Crippen LogP contribution in [0.4, 0.5) is 4.39 Å². The van der Waals surface area contributed by atoms with Crippen molar-refractivity contribution in [1.29, 1.82) is 0 Å². The molecule has 2 atom stereocenters. The van der Waals surface area contributed by atoms with Crippen molar-refractivity contribution in [2.24, 2.45) is 0 Å². The molecule has 5 heteroatoms. The first-order valence-corrected chi connectivity index (χ1v) is 6.95.